The summed E-state index contributed by atoms with van der Waals surface area (Å²) in [7, 11) is 1.62. The fourth-order valence-corrected chi connectivity index (χ4v) is 5.95. The number of nitrogens with zero attached hydrogens (tertiary/aromatic N) is 1. The Labute approximate surface area is 248 Å². The van der Waals surface area contributed by atoms with Crippen molar-refractivity contribution in [3.63, 3.8) is 0 Å². The van der Waals surface area contributed by atoms with Crippen molar-refractivity contribution in [1.29, 1.82) is 0 Å². The van der Waals surface area contributed by atoms with Crippen LogP contribution in [0, 0.1) is 0 Å². The summed E-state index contributed by atoms with van der Waals surface area (Å²) in [5.74, 6) is 0.125. The quantitative estimate of drug-likeness (QED) is 0.129. The van der Waals surface area contributed by atoms with Gasteiger partial charge in [-0.15, -0.1) is 0 Å². The summed E-state index contributed by atoms with van der Waals surface area (Å²) in [6.45, 7) is 6.77. The summed E-state index contributed by atoms with van der Waals surface area (Å²) in [5, 5.41) is 3.02. The van der Waals surface area contributed by atoms with Gasteiger partial charge in [-0.1, -0.05) is 50.8 Å². The molecule has 0 aliphatic heterocycles. The average molecular weight is 617 g/mol. The van der Waals surface area contributed by atoms with Gasteiger partial charge < -0.3 is 20.5 Å². The van der Waals surface area contributed by atoms with Crippen molar-refractivity contribution in [2.45, 2.75) is 90.1 Å². The van der Waals surface area contributed by atoms with Crippen molar-refractivity contribution in [2.24, 2.45) is 0 Å². The Kier molecular flexibility index (Phi) is 13.3. The molecule has 1 aliphatic rings. The Morgan fingerprint density at radius 1 is 1.10 bits per heavy atom. The SMILES string of the molecule is CCN(Cc1cc(C(=O)OCCCCCCNC(=O)C(C)c2ccccc2OC)cc(Br)c1N)C1CCCCC1. The molecule has 0 saturated heterocycles. The lowest BCUT2D eigenvalue weighted by Gasteiger charge is -2.34. The molecule has 0 radical (unpaired) electrons. The van der Waals surface area contributed by atoms with Crippen LogP contribution in [0.3, 0.4) is 0 Å². The number of halogens is 1. The number of hydrogen-bond donors (Lipinski definition) is 2. The van der Waals surface area contributed by atoms with Gasteiger partial charge in [-0.25, -0.2) is 4.79 Å². The molecule has 0 heterocycles. The van der Waals surface area contributed by atoms with Crippen molar-refractivity contribution >= 4 is 33.5 Å². The van der Waals surface area contributed by atoms with Crippen molar-refractivity contribution in [3.8, 4) is 5.75 Å². The van der Waals surface area contributed by atoms with E-state index in [9.17, 15) is 9.59 Å². The van der Waals surface area contributed by atoms with Gasteiger partial charge in [0.1, 0.15) is 5.75 Å². The zero-order valence-corrected chi connectivity index (χ0v) is 25.9. The van der Waals surface area contributed by atoms with Gasteiger partial charge in [-0.3, -0.25) is 9.69 Å². The van der Waals surface area contributed by atoms with Crippen LogP contribution in [-0.2, 0) is 16.1 Å². The van der Waals surface area contributed by atoms with Gasteiger partial charge in [-0.05, 0) is 85.3 Å². The zero-order valence-electron chi connectivity index (χ0n) is 24.3. The van der Waals surface area contributed by atoms with Crippen LogP contribution in [0.1, 0.15) is 99.0 Å². The van der Waals surface area contributed by atoms with Crippen LogP contribution in [0.4, 0.5) is 5.69 Å². The third-order valence-electron chi connectivity index (χ3n) is 7.92. The number of rotatable bonds is 15. The first-order valence-corrected chi connectivity index (χ1v) is 15.5. The molecule has 1 fully saturated rings. The third kappa shape index (κ3) is 9.23. The minimum atomic E-state index is -0.319. The molecular formula is C32H46BrN3O4. The van der Waals surface area contributed by atoms with Crippen LogP contribution < -0.4 is 15.8 Å². The van der Waals surface area contributed by atoms with Crippen molar-refractivity contribution in [3.05, 3.63) is 57.6 Å². The van der Waals surface area contributed by atoms with Crippen LogP contribution >= 0.6 is 15.9 Å². The Bertz CT molecular complexity index is 1100. The molecule has 8 heteroatoms. The molecule has 7 nitrogen and oxygen atoms in total. The second-order valence-corrected chi connectivity index (χ2v) is 11.5. The lowest BCUT2D eigenvalue weighted by molar-refractivity contribution is -0.122. The average Bonchev–Trinajstić information content (AvgIpc) is 2.98. The van der Waals surface area contributed by atoms with Gasteiger partial charge in [0, 0.05) is 29.2 Å². The van der Waals surface area contributed by atoms with E-state index in [1.54, 1.807) is 13.2 Å². The number of carbonyl (C=O) groups is 2. The molecule has 0 aromatic heterocycles. The maximum atomic E-state index is 12.8. The largest absolute Gasteiger partial charge is 0.496 e. The normalized spacial score (nSPS) is 14.6. The first-order chi connectivity index (χ1) is 19.3. The van der Waals surface area contributed by atoms with E-state index in [4.69, 9.17) is 15.2 Å². The van der Waals surface area contributed by atoms with Gasteiger partial charge in [-0.2, -0.15) is 0 Å². The molecule has 40 heavy (non-hydrogen) atoms. The van der Waals surface area contributed by atoms with Crippen LogP contribution in [0.25, 0.3) is 0 Å². The number of para-hydroxylation sites is 1. The number of anilines is 1. The Balaban J connectivity index is 1.37. The predicted octanol–water partition coefficient (Wildman–Crippen LogP) is 6.83. The smallest absolute Gasteiger partial charge is 0.338 e. The van der Waals surface area contributed by atoms with Crippen LogP contribution in [-0.4, -0.2) is 49.6 Å². The summed E-state index contributed by atoms with van der Waals surface area (Å²) in [6, 6.07) is 11.8. The van der Waals surface area contributed by atoms with E-state index in [2.05, 4.69) is 33.1 Å². The molecule has 1 amide bonds. The number of benzene rings is 2. The molecule has 0 bridgehead atoms. The van der Waals surface area contributed by atoms with Gasteiger partial charge in [0.2, 0.25) is 5.91 Å². The first-order valence-electron chi connectivity index (χ1n) is 14.7. The van der Waals surface area contributed by atoms with Gasteiger partial charge in [0.05, 0.1) is 30.9 Å². The third-order valence-corrected chi connectivity index (χ3v) is 8.58. The Morgan fingerprint density at radius 3 is 2.55 bits per heavy atom. The van der Waals surface area contributed by atoms with Crippen molar-refractivity contribution in [2.75, 3.05) is 32.5 Å². The number of esters is 1. The number of nitrogen functional groups attached to an aromatic ring is 1. The van der Waals surface area contributed by atoms with Crippen LogP contribution in [0.2, 0.25) is 0 Å². The van der Waals surface area contributed by atoms with Gasteiger partial charge in [0.15, 0.2) is 0 Å². The number of carbonyl (C=O) groups excluding carboxylic acids is 2. The monoisotopic (exact) mass is 615 g/mol. The second kappa shape index (κ2) is 16.6. The lowest BCUT2D eigenvalue weighted by Crippen LogP contribution is -2.36. The van der Waals surface area contributed by atoms with E-state index in [1.165, 1.54) is 32.1 Å². The highest BCUT2D eigenvalue weighted by Crippen LogP contribution is 2.30. The number of unbranched alkanes of at least 4 members (excludes halogenated alkanes) is 3. The summed E-state index contributed by atoms with van der Waals surface area (Å²) in [6.07, 6.45) is 9.88. The van der Waals surface area contributed by atoms with E-state index >= 15 is 0 Å². The van der Waals surface area contributed by atoms with E-state index in [0.717, 1.165) is 60.1 Å². The first kappa shape index (κ1) is 31.9. The molecule has 3 N–H and O–H groups in total. The predicted molar refractivity (Wildman–Crippen MR) is 165 cm³/mol. The van der Waals surface area contributed by atoms with E-state index in [1.807, 2.05) is 37.3 Å². The zero-order chi connectivity index (χ0) is 28.9. The van der Waals surface area contributed by atoms with Gasteiger partial charge >= 0.3 is 5.97 Å². The minimum absolute atomic E-state index is 0.00624. The van der Waals surface area contributed by atoms with Crippen molar-refractivity contribution < 1.29 is 19.1 Å². The Hall–Kier alpha value is -2.58. The highest BCUT2D eigenvalue weighted by atomic mass is 79.9. The number of methoxy groups -OCH3 is 1. The number of nitrogens with two attached hydrogens (primary N) is 1. The molecular weight excluding hydrogens is 570 g/mol. The number of hydrogen-bond acceptors (Lipinski definition) is 6. The van der Waals surface area contributed by atoms with Crippen molar-refractivity contribution in [1.82, 2.24) is 10.2 Å². The van der Waals surface area contributed by atoms with Crippen LogP contribution in [0.15, 0.2) is 40.9 Å². The van der Waals surface area contributed by atoms with E-state index < -0.39 is 0 Å². The van der Waals surface area contributed by atoms with E-state index in [-0.39, 0.29) is 17.8 Å². The molecule has 220 valence electrons. The molecule has 2 aromatic carbocycles. The summed E-state index contributed by atoms with van der Waals surface area (Å²) >= 11 is 3.54. The minimum Gasteiger partial charge on any atom is -0.496 e. The Morgan fingerprint density at radius 2 is 1.82 bits per heavy atom. The standard InChI is InChI=1S/C32H46BrN3O4/c1-4-36(26-14-8-7-9-15-26)22-25-20-24(21-28(33)30(25)34)32(38)40-19-13-6-5-12-18-35-31(37)23(2)27-16-10-11-17-29(27)39-3/h10-11,16-17,20-21,23,26H,4-9,12-15,18-19,22,34H2,1-3H3,(H,35,37). The van der Waals surface area contributed by atoms with Crippen LogP contribution in [0.5, 0.6) is 5.75 Å². The fourth-order valence-electron chi connectivity index (χ4n) is 5.45. The summed E-state index contributed by atoms with van der Waals surface area (Å²) < 4.78 is 11.7. The second-order valence-electron chi connectivity index (χ2n) is 10.7. The molecule has 1 atom stereocenters. The topological polar surface area (TPSA) is 93.9 Å². The molecule has 1 saturated carbocycles. The molecule has 1 unspecified atom stereocenters. The molecule has 0 spiro atoms. The number of amides is 1. The lowest BCUT2D eigenvalue weighted by atomic mass is 9.93. The van der Waals surface area contributed by atoms with Gasteiger partial charge in [0.25, 0.3) is 0 Å². The molecule has 1 aliphatic carbocycles. The summed E-state index contributed by atoms with van der Waals surface area (Å²) in [4.78, 5) is 27.8. The maximum absolute atomic E-state index is 12.8. The summed E-state index contributed by atoms with van der Waals surface area (Å²) in [5.41, 5.74) is 9.46. The number of nitrogens with one attached hydrogen (secondary N) is 1. The molecule has 3 rings (SSSR count). The maximum Gasteiger partial charge on any atom is 0.338 e. The number of ether oxygens (including phenoxy) is 2. The highest BCUT2D eigenvalue weighted by molar-refractivity contribution is 9.10. The molecule has 2 aromatic rings. The van der Waals surface area contributed by atoms with E-state index in [0.29, 0.717) is 30.4 Å². The fraction of sp³-hybridized carbons (Fsp3) is 0.562. The highest BCUT2D eigenvalue weighted by Gasteiger charge is 2.22.